The molecule has 17 heavy (non-hydrogen) atoms. The Bertz CT molecular complexity index is 371. The summed E-state index contributed by atoms with van der Waals surface area (Å²) in [6.45, 7) is 2.60. The van der Waals surface area contributed by atoms with Gasteiger partial charge in [0.1, 0.15) is 5.75 Å². The highest BCUT2D eigenvalue weighted by atomic mass is 35.5. The van der Waals surface area contributed by atoms with Gasteiger partial charge in [-0.3, -0.25) is 4.79 Å². The number of alkyl halides is 3. The van der Waals surface area contributed by atoms with Crippen molar-refractivity contribution in [3.8, 4) is 5.75 Å². The van der Waals surface area contributed by atoms with Crippen LogP contribution in [0.25, 0.3) is 0 Å². The van der Waals surface area contributed by atoms with E-state index in [1.54, 1.807) is 0 Å². The molecule has 0 aromatic heterocycles. The second-order valence-corrected chi connectivity index (χ2v) is 4.03. The second-order valence-electron chi connectivity index (χ2n) is 3.55. The van der Waals surface area contributed by atoms with Crippen LogP contribution >= 0.6 is 11.6 Å². The largest absolute Gasteiger partial charge is 0.494 e. The fourth-order valence-electron chi connectivity index (χ4n) is 1.20. The maximum absolute atomic E-state index is 12.5. The van der Waals surface area contributed by atoms with Crippen molar-refractivity contribution in [3.05, 3.63) is 29.8 Å². The Labute approximate surface area is 104 Å². The number of rotatable bonds is 6. The van der Waals surface area contributed by atoms with Gasteiger partial charge in [0.15, 0.2) is 0 Å². The summed E-state index contributed by atoms with van der Waals surface area (Å²) in [6.07, 6.45) is 1.93. The van der Waals surface area contributed by atoms with Gasteiger partial charge in [-0.25, -0.2) is 0 Å². The van der Waals surface area contributed by atoms with Crippen molar-refractivity contribution in [2.24, 2.45) is 0 Å². The van der Waals surface area contributed by atoms with E-state index in [0.29, 0.717) is 12.4 Å². The van der Waals surface area contributed by atoms with Crippen LogP contribution in [0.4, 0.5) is 8.78 Å². The van der Waals surface area contributed by atoms with Crippen molar-refractivity contribution in [3.63, 3.8) is 0 Å². The number of carbonyl (C=O) groups excluding carboxylic acids is 1. The van der Waals surface area contributed by atoms with Crippen molar-refractivity contribution in [1.29, 1.82) is 0 Å². The van der Waals surface area contributed by atoms with E-state index in [2.05, 4.69) is 11.6 Å². The first-order chi connectivity index (χ1) is 7.95. The van der Waals surface area contributed by atoms with Gasteiger partial charge in [0.25, 0.3) is 0 Å². The normalized spacial score (nSPS) is 11.3. The van der Waals surface area contributed by atoms with E-state index in [9.17, 15) is 13.6 Å². The summed E-state index contributed by atoms with van der Waals surface area (Å²) in [7, 11) is 0. The summed E-state index contributed by atoms with van der Waals surface area (Å²) in [6, 6.07) is 5.51. The minimum absolute atomic E-state index is 0.132. The predicted molar refractivity (Wildman–Crippen MR) is 62.0 cm³/mol. The molecule has 0 bridgehead atoms. The molecule has 0 aliphatic rings. The van der Waals surface area contributed by atoms with Gasteiger partial charge in [-0.2, -0.15) is 8.78 Å². The quantitative estimate of drug-likeness (QED) is 0.442. The van der Waals surface area contributed by atoms with Crippen molar-refractivity contribution in [2.45, 2.75) is 25.1 Å². The summed E-state index contributed by atoms with van der Waals surface area (Å²) in [5.74, 6) is -0.854. The van der Waals surface area contributed by atoms with Crippen LogP contribution < -0.4 is 4.74 Å². The predicted octanol–water partition coefficient (Wildman–Crippen LogP) is 3.88. The molecule has 0 heterocycles. The van der Waals surface area contributed by atoms with Crippen LogP contribution in [0.5, 0.6) is 5.75 Å². The van der Waals surface area contributed by atoms with Crippen molar-refractivity contribution >= 4 is 17.4 Å². The first kappa shape index (κ1) is 13.9. The van der Waals surface area contributed by atoms with E-state index >= 15 is 0 Å². The molecule has 0 N–H and O–H groups in total. The number of hydrogen-bond donors (Lipinski definition) is 0. The minimum Gasteiger partial charge on any atom is -0.494 e. The molecule has 1 aromatic rings. The Kier molecular flexibility index (Phi) is 4.87. The van der Waals surface area contributed by atoms with Crippen LogP contribution in [-0.4, -0.2) is 17.8 Å². The van der Waals surface area contributed by atoms with Crippen LogP contribution in [0.3, 0.4) is 0 Å². The molecule has 0 radical (unpaired) electrons. The molecule has 94 valence electrons. The van der Waals surface area contributed by atoms with Gasteiger partial charge >= 0.3 is 5.38 Å². The highest BCUT2D eigenvalue weighted by Crippen LogP contribution is 2.25. The monoisotopic (exact) mass is 262 g/mol. The molecule has 1 rings (SSSR count). The number of ketones is 1. The molecule has 0 unspecified atom stereocenters. The molecule has 0 fully saturated rings. The number of halogens is 3. The Hall–Kier alpha value is -1.16. The summed E-state index contributed by atoms with van der Waals surface area (Å²) in [5.41, 5.74) is -0.132. The highest BCUT2D eigenvalue weighted by Gasteiger charge is 2.36. The number of Topliss-reactive ketones (excluding diaryl/α,β-unsaturated/α-hetero) is 1. The molecular formula is C12H13ClF2O2. The van der Waals surface area contributed by atoms with E-state index < -0.39 is 11.2 Å². The number of benzene rings is 1. The fraction of sp³-hybridized carbons (Fsp3) is 0.417. The van der Waals surface area contributed by atoms with Gasteiger partial charge in [0.2, 0.25) is 5.78 Å². The lowest BCUT2D eigenvalue weighted by Crippen LogP contribution is -2.21. The lowest BCUT2D eigenvalue weighted by Gasteiger charge is -2.08. The molecule has 0 saturated heterocycles. The number of ether oxygens (including phenoxy) is 1. The fourth-order valence-corrected chi connectivity index (χ4v) is 1.31. The number of hydrogen-bond acceptors (Lipinski definition) is 2. The van der Waals surface area contributed by atoms with Gasteiger partial charge in [-0.1, -0.05) is 13.3 Å². The average molecular weight is 263 g/mol. The van der Waals surface area contributed by atoms with Crippen molar-refractivity contribution in [1.82, 2.24) is 0 Å². The van der Waals surface area contributed by atoms with Gasteiger partial charge in [0, 0.05) is 5.56 Å². The van der Waals surface area contributed by atoms with Gasteiger partial charge in [-0.05, 0) is 42.3 Å². The van der Waals surface area contributed by atoms with Crippen LogP contribution in [0.2, 0.25) is 0 Å². The summed E-state index contributed by atoms with van der Waals surface area (Å²) in [4.78, 5) is 11.1. The third-order valence-electron chi connectivity index (χ3n) is 2.14. The molecule has 0 aliphatic heterocycles. The Balaban J connectivity index is 2.65. The number of unbranched alkanes of at least 4 members (excludes halogenated alkanes) is 1. The smallest absolute Gasteiger partial charge is 0.384 e. The van der Waals surface area contributed by atoms with Gasteiger partial charge in [0.05, 0.1) is 6.61 Å². The van der Waals surface area contributed by atoms with Crippen LogP contribution in [0.15, 0.2) is 24.3 Å². The van der Waals surface area contributed by atoms with Gasteiger partial charge < -0.3 is 4.74 Å². The molecule has 0 saturated carbocycles. The van der Waals surface area contributed by atoms with E-state index in [-0.39, 0.29) is 5.56 Å². The first-order valence-electron chi connectivity index (χ1n) is 5.29. The molecule has 0 atom stereocenters. The lowest BCUT2D eigenvalue weighted by atomic mass is 10.1. The average Bonchev–Trinajstić information content (AvgIpc) is 2.28. The van der Waals surface area contributed by atoms with Gasteiger partial charge in [-0.15, -0.1) is 0 Å². The summed E-state index contributed by atoms with van der Waals surface area (Å²) >= 11 is 4.65. The molecule has 2 nitrogen and oxygen atoms in total. The van der Waals surface area contributed by atoms with E-state index in [0.717, 1.165) is 12.8 Å². The second kappa shape index (κ2) is 5.96. The maximum atomic E-state index is 12.5. The number of carbonyl (C=O) groups is 1. The third kappa shape index (κ3) is 4.30. The topological polar surface area (TPSA) is 26.3 Å². The summed E-state index contributed by atoms with van der Waals surface area (Å²) in [5, 5.41) is -3.86. The van der Waals surface area contributed by atoms with Crippen LogP contribution in [0.1, 0.15) is 30.1 Å². The molecule has 0 spiro atoms. The van der Waals surface area contributed by atoms with E-state index in [1.165, 1.54) is 24.3 Å². The Morgan fingerprint density at radius 1 is 1.35 bits per heavy atom. The standard InChI is InChI=1S/C12H13ClF2O2/c1-2-3-8-17-10-6-4-9(5-7-10)11(16)12(13,14)15/h4-7H,2-3,8H2,1H3. The van der Waals surface area contributed by atoms with Crippen molar-refractivity contribution < 1.29 is 18.3 Å². The highest BCUT2D eigenvalue weighted by molar-refractivity contribution is 6.35. The molecular weight excluding hydrogens is 250 g/mol. The molecule has 0 aliphatic carbocycles. The zero-order valence-electron chi connectivity index (χ0n) is 9.38. The molecule has 1 aromatic carbocycles. The zero-order valence-corrected chi connectivity index (χ0v) is 10.1. The third-order valence-corrected chi connectivity index (χ3v) is 2.31. The van der Waals surface area contributed by atoms with E-state index in [1.807, 2.05) is 6.92 Å². The van der Waals surface area contributed by atoms with Crippen LogP contribution in [0, 0.1) is 0 Å². The van der Waals surface area contributed by atoms with Crippen LogP contribution in [-0.2, 0) is 0 Å². The van der Waals surface area contributed by atoms with Crippen molar-refractivity contribution in [2.75, 3.05) is 6.61 Å². The molecule has 5 heteroatoms. The zero-order chi connectivity index (χ0) is 12.9. The maximum Gasteiger partial charge on any atom is 0.384 e. The minimum atomic E-state index is -3.86. The van der Waals surface area contributed by atoms with E-state index in [4.69, 9.17) is 4.74 Å². The molecule has 0 amide bonds. The Morgan fingerprint density at radius 2 is 1.94 bits per heavy atom. The Morgan fingerprint density at radius 3 is 2.41 bits per heavy atom. The SMILES string of the molecule is CCCCOc1ccc(C(=O)C(F)(F)Cl)cc1. The summed E-state index contributed by atoms with van der Waals surface area (Å²) < 4.78 is 30.4. The first-order valence-corrected chi connectivity index (χ1v) is 5.67. The lowest BCUT2D eigenvalue weighted by molar-refractivity contribution is 0.0536.